The minimum atomic E-state index is -0.219. The van der Waals surface area contributed by atoms with E-state index in [4.69, 9.17) is 29.2 Å². The maximum Gasteiger partial charge on any atom is 0.305 e. The van der Waals surface area contributed by atoms with Crippen molar-refractivity contribution in [2.75, 3.05) is 54.2 Å². The molecule has 0 amide bonds. The molecule has 0 radical (unpaired) electrons. The van der Waals surface area contributed by atoms with Gasteiger partial charge in [0, 0.05) is 70.6 Å². The van der Waals surface area contributed by atoms with Gasteiger partial charge in [-0.25, -0.2) is 0 Å². The first kappa shape index (κ1) is 76.2. The largest absolute Gasteiger partial charge is 0.464 e. The fourth-order valence-corrected chi connectivity index (χ4v) is 15.3. The van der Waals surface area contributed by atoms with Crippen molar-refractivity contribution >= 4 is 35.8 Å². The maximum absolute atomic E-state index is 13.6. The molecule has 3 fully saturated rings. The molecule has 0 spiro atoms. The summed E-state index contributed by atoms with van der Waals surface area (Å²) in [6, 6.07) is -0.0561. The van der Waals surface area contributed by atoms with Gasteiger partial charge in [0.05, 0.1) is 19.6 Å². The third-order valence-corrected chi connectivity index (χ3v) is 18.4. The Morgan fingerprint density at radius 1 is 0.333 bits per heavy atom. The van der Waals surface area contributed by atoms with Crippen LogP contribution < -0.4 is 30.7 Å². The van der Waals surface area contributed by atoms with E-state index in [0.717, 1.165) is 96.3 Å². The minimum Gasteiger partial charge on any atom is -0.464 e. The van der Waals surface area contributed by atoms with E-state index in [1.165, 1.54) is 116 Å². The van der Waals surface area contributed by atoms with Gasteiger partial charge in [-0.1, -0.05) is 175 Å². The maximum atomic E-state index is 13.6. The van der Waals surface area contributed by atoms with Gasteiger partial charge in [0.2, 0.25) is 17.8 Å². The number of hydrogen-bond acceptors (Lipinski definition) is 15. The summed E-state index contributed by atoms with van der Waals surface area (Å²) < 4.78 is 18.5. The molecule has 15 nitrogen and oxygen atoms in total. The van der Waals surface area contributed by atoms with Crippen molar-refractivity contribution in [3.8, 4) is 0 Å². The summed E-state index contributed by atoms with van der Waals surface area (Å²) in [6.07, 6.45) is 38.1. The van der Waals surface area contributed by atoms with Gasteiger partial charge in [0.25, 0.3) is 0 Å². The van der Waals surface area contributed by atoms with Gasteiger partial charge in [-0.3, -0.25) is 14.4 Å². The van der Waals surface area contributed by atoms with Gasteiger partial charge in [0.15, 0.2) is 0 Å². The molecule has 0 aliphatic carbocycles. The molecule has 504 valence electrons. The molecule has 0 atom stereocenters. The van der Waals surface area contributed by atoms with Gasteiger partial charge < -0.3 is 44.9 Å². The standard InChI is InChI=1S/C72H135N9O6/c1-16-19-22-25-28-31-34-37-40-43-61(82)85-49-46-79(58-52-67(4,5)76-68(6,7)53-58)64-73-65(80(59-54-69(8,9)77-70(10,11)55-59)47-50-86-62(83)44-41-38-35-32-29-26-23-20-17-2)75-66(74-64)81(60-56-71(12,13)78-72(14,15)57-60)48-51-87-63(84)45-42-39-36-33-30-27-24-21-18-3/h58-60,76-78H,16-57H2,1-15H3. The zero-order chi connectivity index (χ0) is 64.0. The van der Waals surface area contributed by atoms with Crippen LogP contribution in [0.3, 0.4) is 0 Å². The molecule has 4 rings (SSSR count). The summed E-state index contributed by atoms with van der Waals surface area (Å²) in [6.45, 7) is 35.8. The first-order valence-corrected chi connectivity index (χ1v) is 36.1. The Morgan fingerprint density at radius 3 is 0.713 bits per heavy atom. The molecule has 0 bridgehead atoms. The summed E-state index contributed by atoms with van der Waals surface area (Å²) in [5.41, 5.74) is -1.32. The predicted molar refractivity (Wildman–Crippen MR) is 363 cm³/mol. The molecule has 4 heterocycles. The van der Waals surface area contributed by atoms with E-state index in [-0.39, 0.29) is 89.1 Å². The number of esters is 3. The lowest BCUT2D eigenvalue weighted by Crippen LogP contribution is -2.63. The number of nitrogens with one attached hydrogen (secondary N) is 3. The zero-order valence-electron chi connectivity index (χ0n) is 59.1. The highest BCUT2D eigenvalue weighted by molar-refractivity contribution is 5.70. The van der Waals surface area contributed by atoms with Crippen LogP contribution >= 0.6 is 0 Å². The van der Waals surface area contributed by atoms with Gasteiger partial charge in [-0.2, -0.15) is 15.0 Å². The molecule has 0 aromatic carbocycles. The Balaban J connectivity index is 1.78. The van der Waals surface area contributed by atoms with E-state index in [0.29, 0.717) is 56.7 Å². The second kappa shape index (κ2) is 38.5. The fraction of sp³-hybridized carbons (Fsp3) is 0.917. The van der Waals surface area contributed by atoms with Crippen LogP contribution in [0.5, 0.6) is 0 Å². The molecule has 1 aromatic rings. The third-order valence-electron chi connectivity index (χ3n) is 18.4. The van der Waals surface area contributed by atoms with Gasteiger partial charge >= 0.3 is 17.9 Å². The summed E-state index contributed by atoms with van der Waals surface area (Å²) in [5, 5.41) is 11.7. The third kappa shape index (κ3) is 31.1. The summed E-state index contributed by atoms with van der Waals surface area (Å²) >= 11 is 0. The number of unbranched alkanes of at least 4 members (excludes halogenated alkanes) is 24. The van der Waals surface area contributed by atoms with Crippen LogP contribution in [-0.4, -0.2) is 124 Å². The number of hydrogen-bond donors (Lipinski definition) is 3. The van der Waals surface area contributed by atoms with Crippen LogP contribution in [0.2, 0.25) is 0 Å². The highest BCUT2D eigenvalue weighted by atomic mass is 16.5. The molecule has 3 aliphatic heterocycles. The SMILES string of the molecule is CCCCCCCCCCCC(=O)OCCN(c1nc(N(CCOC(=O)CCCCCCCCCCC)C2CC(C)(C)NC(C)(C)C2)nc(N(CCOC(=O)CCCCCCCCCCC)C2CC(C)(C)NC(C)(C)C2)n1)C1CC(C)(C)NC(C)(C)C1. The Labute approximate surface area is 533 Å². The van der Waals surface area contributed by atoms with Crippen molar-refractivity contribution in [3.05, 3.63) is 0 Å². The number of rotatable bonds is 45. The Hall–Kier alpha value is -3.30. The average molecular weight is 1220 g/mol. The molecule has 0 saturated carbocycles. The second-order valence-electron chi connectivity index (χ2n) is 31.1. The van der Waals surface area contributed by atoms with Gasteiger partial charge in [-0.15, -0.1) is 0 Å². The fourth-order valence-electron chi connectivity index (χ4n) is 15.3. The zero-order valence-corrected chi connectivity index (χ0v) is 59.1. The van der Waals surface area contributed by atoms with E-state index in [9.17, 15) is 14.4 Å². The summed E-state index contributed by atoms with van der Waals surface area (Å²) in [5.74, 6) is 1.11. The molecule has 15 heteroatoms. The first-order chi connectivity index (χ1) is 41.2. The van der Waals surface area contributed by atoms with Gasteiger partial charge in [0.1, 0.15) is 19.8 Å². The van der Waals surface area contributed by atoms with Crippen LogP contribution in [0.25, 0.3) is 0 Å². The number of carbonyl (C=O) groups excluding carboxylic acids is 3. The number of nitrogens with zero attached hydrogens (tertiary/aromatic N) is 6. The van der Waals surface area contributed by atoms with Crippen LogP contribution in [0, 0.1) is 0 Å². The van der Waals surface area contributed by atoms with Gasteiger partial charge in [-0.05, 0) is 141 Å². The Kier molecular flexibility index (Phi) is 33.7. The monoisotopic (exact) mass is 1220 g/mol. The molecule has 0 unspecified atom stereocenters. The van der Waals surface area contributed by atoms with Crippen molar-refractivity contribution in [1.82, 2.24) is 30.9 Å². The highest BCUT2D eigenvalue weighted by Gasteiger charge is 2.45. The summed E-state index contributed by atoms with van der Waals surface area (Å²) in [7, 11) is 0. The van der Waals surface area contributed by atoms with Crippen molar-refractivity contribution in [3.63, 3.8) is 0 Å². The van der Waals surface area contributed by atoms with E-state index >= 15 is 0 Å². The molecule has 1 aromatic heterocycles. The lowest BCUT2D eigenvalue weighted by molar-refractivity contribution is -0.144. The average Bonchev–Trinajstić information content (AvgIpc) is 1.46. The number of anilines is 3. The minimum absolute atomic E-state index is 0.0187. The van der Waals surface area contributed by atoms with Crippen molar-refractivity contribution < 1.29 is 28.6 Å². The van der Waals surface area contributed by atoms with Crippen LogP contribution in [0.15, 0.2) is 0 Å². The lowest BCUT2D eigenvalue weighted by atomic mass is 9.79. The number of piperidine rings is 3. The second-order valence-corrected chi connectivity index (χ2v) is 31.1. The van der Waals surface area contributed by atoms with E-state index in [1.54, 1.807) is 0 Å². The highest BCUT2D eigenvalue weighted by Crippen LogP contribution is 2.39. The lowest BCUT2D eigenvalue weighted by Gasteiger charge is -2.51. The van der Waals surface area contributed by atoms with Crippen LogP contribution in [0.1, 0.15) is 335 Å². The molecule has 3 aliphatic rings. The molecule has 3 saturated heterocycles. The quantitative estimate of drug-likeness (QED) is 0.0321. The predicted octanol–water partition coefficient (Wildman–Crippen LogP) is 16.6. The van der Waals surface area contributed by atoms with Crippen LogP contribution in [0.4, 0.5) is 17.8 Å². The Morgan fingerprint density at radius 2 is 0.517 bits per heavy atom. The number of carbonyl (C=O) groups is 3. The van der Waals surface area contributed by atoms with Crippen molar-refractivity contribution in [2.45, 2.75) is 386 Å². The normalized spacial score (nSPS) is 18.9. The van der Waals surface area contributed by atoms with Crippen molar-refractivity contribution in [2.24, 2.45) is 0 Å². The van der Waals surface area contributed by atoms with Crippen LogP contribution in [-0.2, 0) is 28.6 Å². The number of aromatic nitrogens is 3. The first-order valence-electron chi connectivity index (χ1n) is 36.1. The molecule has 87 heavy (non-hydrogen) atoms. The topological polar surface area (TPSA) is 163 Å². The molecule has 3 N–H and O–H groups in total. The van der Waals surface area contributed by atoms with E-state index < -0.39 is 0 Å². The molecular formula is C72H135N9O6. The Bertz CT molecular complexity index is 1810. The number of ether oxygens (including phenoxy) is 3. The van der Waals surface area contributed by atoms with Crippen molar-refractivity contribution in [1.29, 1.82) is 0 Å². The summed E-state index contributed by atoms with van der Waals surface area (Å²) in [4.78, 5) is 64.6. The van der Waals surface area contributed by atoms with E-state index in [1.807, 2.05) is 0 Å². The smallest absolute Gasteiger partial charge is 0.305 e. The molecular weight excluding hydrogens is 1090 g/mol. The van der Waals surface area contributed by atoms with E-state index in [2.05, 4.69) is 135 Å².